The van der Waals surface area contributed by atoms with E-state index in [9.17, 15) is 0 Å². The van der Waals surface area contributed by atoms with Crippen molar-refractivity contribution < 1.29 is 4.74 Å². The molecule has 0 saturated heterocycles. The zero-order valence-electron chi connectivity index (χ0n) is 11.6. The third-order valence-corrected chi connectivity index (χ3v) is 3.22. The fraction of sp³-hybridized carbons (Fsp3) is 0.600. The smallest absolute Gasteiger partial charge is 0.119 e. The van der Waals surface area contributed by atoms with Gasteiger partial charge in [-0.2, -0.15) is 0 Å². The number of rotatable bonds is 6. The van der Waals surface area contributed by atoms with Crippen LogP contribution in [-0.4, -0.2) is 30.1 Å². The Morgan fingerprint density at radius 2 is 1.89 bits per heavy atom. The van der Waals surface area contributed by atoms with Gasteiger partial charge < -0.3 is 15.4 Å². The van der Waals surface area contributed by atoms with Crippen molar-refractivity contribution in [2.75, 3.05) is 13.6 Å². The minimum absolute atomic E-state index is 0.0927. The average Bonchev–Trinajstić information content (AvgIpc) is 2.98. The Kier molecular flexibility index (Phi) is 3.93. The molecular weight excluding hydrogens is 224 g/mol. The highest BCUT2D eigenvalue weighted by molar-refractivity contribution is 5.27. The summed E-state index contributed by atoms with van der Waals surface area (Å²) in [6.07, 6.45) is 2.56. The van der Waals surface area contributed by atoms with Gasteiger partial charge in [0.1, 0.15) is 5.75 Å². The van der Waals surface area contributed by atoms with Gasteiger partial charge in [-0.25, -0.2) is 0 Å². The van der Waals surface area contributed by atoms with Gasteiger partial charge >= 0.3 is 0 Å². The summed E-state index contributed by atoms with van der Waals surface area (Å²) in [4.78, 5) is 2.30. The van der Waals surface area contributed by atoms with Crippen LogP contribution < -0.4 is 10.5 Å². The average molecular weight is 248 g/mol. The molecule has 0 aliphatic heterocycles. The molecule has 100 valence electrons. The van der Waals surface area contributed by atoms with E-state index in [0.717, 1.165) is 18.8 Å². The quantitative estimate of drug-likeness (QED) is 0.840. The van der Waals surface area contributed by atoms with Crippen molar-refractivity contribution in [2.45, 2.75) is 44.9 Å². The van der Waals surface area contributed by atoms with Crippen molar-refractivity contribution in [1.29, 1.82) is 0 Å². The molecule has 0 unspecified atom stereocenters. The highest BCUT2D eigenvalue weighted by atomic mass is 16.5. The SMILES string of the molecule is CC(C)Oc1ccc(CN(C)CC2(N)CC2)cc1. The van der Waals surface area contributed by atoms with Crippen molar-refractivity contribution in [1.82, 2.24) is 4.90 Å². The number of ether oxygens (including phenoxy) is 1. The van der Waals surface area contributed by atoms with E-state index in [0.29, 0.717) is 0 Å². The lowest BCUT2D eigenvalue weighted by molar-refractivity contribution is 0.242. The van der Waals surface area contributed by atoms with Crippen molar-refractivity contribution in [3.63, 3.8) is 0 Å². The monoisotopic (exact) mass is 248 g/mol. The second kappa shape index (κ2) is 5.29. The van der Waals surface area contributed by atoms with Crippen LogP contribution in [0, 0.1) is 0 Å². The zero-order valence-corrected chi connectivity index (χ0v) is 11.6. The predicted molar refractivity (Wildman–Crippen MR) is 74.7 cm³/mol. The number of hydrogen-bond donors (Lipinski definition) is 1. The maximum atomic E-state index is 6.12. The van der Waals surface area contributed by atoms with Gasteiger partial charge in [0.05, 0.1) is 6.10 Å². The van der Waals surface area contributed by atoms with E-state index in [-0.39, 0.29) is 11.6 Å². The van der Waals surface area contributed by atoms with E-state index in [1.54, 1.807) is 0 Å². The largest absolute Gasteiger partial charge is 0.491 e. The van der Waals surface area contributed by atoms with Crippen molar-refractivity contribution in [3.05, 3.63) is 29.8 Å². The van der Waals surface area contributed by atoms with Crippen LogP contribution in [0.5, 0.6) is 5.75 Å². The highest BCUT2D eigenvalue weighted by Gasteiger charge is 2.38. The highest BCUT2D eigenvalue weighted by Crippen LogP contribution is 2.32. The van der Waals surface area contributed by atoms with E-state index in [2.05, 4.69) is 24.1 Å². The Labute approximate surface area is 110 Å². The summed E-state index contributed by atoms with van der Waals surface area (Å²) in [5, 5.41) is 0. The van der Waals surface area contributed by atoms with Crippen LogP contribution >= 0.6 is 0 Å². The summed E-state index contributed by atoms with van der Waals surface area (Å²) in [6, 6.07) is 8.34. The maximum Gasteiger partial charge on any atom is 0.119 e. The van der Waals surface area contributed by atoms with Crippen LogP contribution in [0.15, 0.2) is 24.3 Å². The second-order valence-corrected chi connectivity index (χ2v) is 5.85. The summed E-state index contributed by atoms with van der Waals surface area (Å²) < 4.78 is 5.63. The molecule has 0 spiro atoms. The minimum Gasteiger partial charge on any atom is -0.491 e. The van der Waals surface area contributed by atoms with E-state index < -0.39 is 0 Å². The molecule has 0 radical (unpaired) electrons. The molecule has 0 heterocycles. The van der Waals surface area contributed by atoms with Crippen LogP contribution in [0.25, 0.3) is 0 Å². The molecule has 0 amide bonds. The van der Waals surface area contributed by atoms with Gasteiger partial charge in [0, 0.05) is 18.6 Å². The molecule has 1 aliphatic rings. The van der Waals surface area contributed by atoms with Crippen LogP contribution in [0.4, 0.5) is 0 Å². The lowest BCUT2D eigenvalue weighted by atomic mass is 10.2. The lowest BCUT2D eigenvalue weighted by Crippen LogP contribution is -2.36. The van der Waals surface area contributed by atoms with Gasteiger partial charge in [-0.15, -0.1) is 0 Å². The first-order valence-electron chi connectivity index (χ1n) is 6.70. The maximum absolute atomic E-state index is 6.12. The Morgan fingerprint density at radius 1 is 1.28 bits per heavy atom. The normalized spacial score (nSPS) is 17.2. The summed E-state index contributed by atoms with van der Waals surface area (Å²) in [5.74, 6) is 0.939. The Hall–Kier alpha value is -1.06. The van der Waals surface area contributed by atoms with Crippen molar-refractivity contribution in [3.8, 4) is 5.75 Å². The molecule has 0 bridgehead atoms. The summed E-state index contributed by atoms with van der Waals surface area (Å²) >= 11 is 0. The van der Waals surface area contributed by atoms with Crippen LogP contribution in [0.2, 0.25) is 0 Å². The minimum atomic E-state index is 0.0927. The molecule has 18 heavy (non-hydrogen) atoms. The number of hydrogen-bond acceptors (Lipinski definition) is 3. The van der Waals surface area contributed by atoms with Crippen molar-refractivity contribution >= 4 is 0 Å². The third-order valence-electron chi connectivity index (χ3n) is 3.22. The molecule has 2 rings (SSSR count). The summed E-state index contributed by atoms with van der Waals surface area (Å²) in [6.45, 7) is 6.01. The summed E-state index contributed by atoms with van der Waals surface area (Å²) in [7, 11) is 2.13. The fourth-order valence-corrected chi connectivity index (χ4v) is 2.17. The van der Waals surface area contributed by atoms with E-state index >= 15 is 0 Å². The fourth-order valence-electron chi connectivity index (χ4n) is 2.17. The molecule has 3 heteroatoms. The molecule has 3 nitrogen and oxygen atoms in total. The molecule has 2 N–H and O–H groups in total. The Morgan fingerprint density at radius 3 is 2.39 bits per heavy atom. The lowest BCUT2D eigenvalue weighted by Gasteiger charge is -2.21. The molecule has 1 saturated carbocycles. The molecule has 1 aromatic carbocycles. The van der Waals surface area contributed by atoms with Gasteiger partial charge in [-0.1, -0.05) is 12.1 Å². The molecule has 1 fully saturated rings. The first-order chi connectivity index (χ1) is 8.47. The molecule has 1 aromatic rings. The van der Waals surface area contributed by atoms with Crippen LogP contribution in [0.1, 0.15) is 32.3 Å². The molecule has 0 atom stereocenters. The molecular formula is C15H24N2O. The number of nitrogens with two attached hydrogens (primary N) is 1. The van der Waals surface area contributed by atoms with E-state index in [4.69, 9.17) is 10.5 Å². The number of likely N-dealkylation sites (N-methyl/N-ethyl adjacent to an activating group) is 1. The third kappa shape index (κ3) is 4.00. The van der Waals surface area contributed by atoms with Gasteiger partial charge in [0.15, 0.2) is 0 Å². The van der Waals surface area contributed by atoms with E-state index in [1.807, 2.05) is 26.0 Å². The summed E-state index contributed by atoms with van der Waals surface area (Å²) in [5.41, 5.74) is 7.51. The van der Waals surface area contributed by atoms with Gasteiger partial charge in [-0.3, -0.25) is 0 Å². The standard InChI is InChI=1S/C15H24N2O/c1-12(2)18-14-6-4-13(5-7-14)10-17(3)11-15(16)8-9-15/h4-7,12H,8-11,16H2,1-3H3. The topological polar surface area (TPSA) is 38.5 Å². The Balaban J connectivity index is 1.85. The van der Waals surface area contributed by atoms with Gasteiger partial charge in [0.25, 0.3) is 0 Å². The first-order valence-corrected chi connectivity index (χ1v) is 6.70. The second-order valence-electron chi connectivity index (χ2n) is 5.85. The van der Waals surface area contributed by atoms with Crippen molar-refractivity contribution in [2.24, 2.45) is 5.73 Å². The Bertz CT molecular complexity index is 382. The van der Waals surface area contributed by atoms with Gasteiger partial charge in [0.2, 0.25) is 0 Å². The van der Waals surface area contributed by atoms with E-state index in [1.165, 1.54) is 18.4 Å². The van der Waals surface area contributed by atoms with Gasteiger partial charge in [-0.05, 0) is 51.4 Å². The first kappa shape index (κ1) is 13.4. The number of benzene rings is 1. The molecule has 1 aliphatic carbocycles. The van der Waals surface area contributed by atoms with Crippen LogP contribution in [-0.2, 0) is 6.54 Å². The van der Waals surface area contributed by atoms with Crippen LogP contribution in [0.3, 0.4) is 0 Å². The number of nitrogens with zero attached hydrogens (tertiary/aromatic N) is 1. The predicted octanol–water partition coefficient (Wildman–Crippen LogP) is 2.40. The zero-order chi connectivity index (χ0) is 13.2. The molecule has 0 aromatic heterocycles.